The Morgan fingerprint density at radius 2 is 1.73 bits per heavy atom. The molecular weight excluding hydrogens is 352 g/mol. The molecule has 2 rings (SSSR count). The number of rotatable bonds is 9. The Kier molecular flexibility index (Phi) is 7.26. The summed E-state index contributed by atoms with van der Waals surface area (Å²) < 4.78 is 27.2. The first-order valence-electron chi connectivity index (χ1n) is 8.30. The summed E-state index contributed by atoms with van der Waals surface area (Å²) in [7, 11) is 0.313. The molecule has 1 aromatic heterocycles. The fourth-order valence-electron chi connectivity index (χ4n) is 2.25. The number of carbonyl (C=O) groups is 1. The fraction of sp³-hybridized carbons (Fsp3) is 0.333. The van der Waals surface area contributed by atoms with Gasteiger partial charge in [-0.05, 0) is 69.0 Å². The zero-order chi connectivity index (χ0) is 19.0. The molecule has 140 valence electrons. The van der Waals surface area contributed by atoms with E-state index in [0.29, 0.717) is 12.1 Å². The van der Waals surface area contributed by atoms with Crippen LogP contribution in [0, 0.1) is 0 Å². The summed E-state index contributed by atoms with van der Waals surface area (Å²) in [5.74, 6) is -0.211. The first-order valence-corrected chi connectivity index (χ1v) is 9.78. The van der Waals surface area contributed by atoms with Gasteiger partial charge in [0.25, 0.3) is 5.91 Å². The van der Waals surface area contributed by atoms with Gasteiger partial charge in [-0.2, -0.15) is 0 Å². The molecule has 8 heteroatoms. The molecule has 2 aromatic rings. The molecule has 0 radical (unpaired) electrons. The van der Waals surface area contributed by atoms with Gasteiger partial charge >= 0.3 is 0 Å². The number of nitrogens with one attached hydrogen (secondary N) is 2. The van der Waals surface area contributed by atoms with E-state index < -0.39 is 10.0 Å². The Hall–Kier alpha value is -2.29. The number of aromatic nitrogens is 1. The van der Waals surface area contributed by atoms with Crippen LogP contribution in [0.2, 0.25) is 0 Å². The van der Waals surface area contributed by atoms with Gasteiger partial charge in [-0.25, -0.2) is 13.1 Å². The van der Waals surface area contributed by atoms with Crippen LogP contribution in [0.25, 0.3) is 0 Å². The lowest BCUT2D eigenvalue weighted by Gasteiger charge is -2.10. The van der Waals surface area contributed by atoms with Crippen molar-refractivity contribution >= 4 is 15.9 Å². The number of carbonyl (C=O) groups excluding carboxylic acids is 1. The van der Waals surface area contributed by atoms with E-state index in [-0.39, 0.29) is 17.3 Å². The van der Waals surface area contributed by atoms with Crippen LogP contribution < -0.4 is 10.0 Å². The molecule has 26 heavy (non-hydrogen) atoms. The van der Waals surface area contributed by atoms with Gasteiger partial charge < -0.3 is 10.2 Å². The van der Waals surface area contributed by atoms with Crippen molar-refractivity contribution in [3.8, 4) is 0 Å². The van der Waals surface area contributed by atoms with Crippen molar-refractivity contribution in [2.45, 2.75) is 17.9 Å². The number of pyridine rings is 1. The third kappa shape index (κ3) is 6.21. The number of benzene rings is 1. The van der Waals surface area contributed by atoms with Crippen LogP contribution in [0.3, 0.4) is 0 Å². The smallest absolute Gasteiger partial charge is 0.251 e. The maximum atomic E-state index is 12.3. The second kappa shape index (κ2) is 9.42. The summed E-state index contributed by atoms with van der Waals surface area (Å²) in [5.41, 5.74) is 1.25. The lowest BCUT2D eigenvalue weighted by molar-refractivity contribution is 0.0952. The Morgan fingerprint density at radius 1 is 1.08 bits per heavy atom. The van der Waals surface area contributed by atoms with Crippen LogP contribution in [0.1, 0.15) is 22.3 Å². The average Bonchev–Trinajstić information content (AvgIpc) is 2.64. The molecule has 0 saturated heterocycles. The van der Waals surface area contributed by atoms with Crippen molar-refractivity contribution in [2.24, 2.45) is 0 Å². The normalized spacial score (nSPS) is 11.5. The molecule has 0 aliphatic rings. The van der Waals surface area contributed by atoms with Crippen molar-refractivity contribution in [2.75, 3.05) is 27.2 Å². The Labute approximate surface area is 154 Å². The maximum absolute atomic E-state index is 12.3. The van der Waals surface area contributed by atoms with E-state index in [2.05, 4.69) is 15.0 Å². The number of hydrogen-bond donors (Lipinski definition) is 2. The molecule has 0 aliphatic carbocycles. The lowest BCUT2D eigenvalue weighted by Crippen LogP contribution is -2.27. The Bertz CT molecular complexity index is 806. The number of amides is 1. The second-order valence-electron chi connectivity index (χ2n) is 6.12. The SMILES string of the molecule is CN(C)CCCNC(=O)c1ccc(S(=O)(=O)NCc2ccncc2)cc1. The molecule has 0 saturated carbocycles. The van der Waals surface area contributed by atoms with Crippen LogP contribution in [0.15, 0.2) is 53.7 Å². The third-order valence-electron chi connectivity index (χ3n) is 3.71. The highest BCUT2D eigenvalue weighted by Crippen LogP contribution is 2.11. The van der Waals surface area contributed by atoms with Crippen LogP contribution in [-0.4, -0.2) is 51.4 Å². The van der Waals surface area contributed by atoms with Crippen molar-refractivity contribution < 1.29 is 13.2 Å². The quantitative estimate of drug-likeness (QED) is 0.643. The largest absolute Gasteiger partial charge is 0.352 e. The van der Waals surface area contributed by atoms with Crippen LogP contribution >= 0.6 is 0 Å². The van der Waals surface area contributed by atoms with Gasteiger partial charge in [-0.1, -0.05) is 0 Å². The van der Waals surface area contributed by atoms with Gasteiger partial charge in [0.1, 0.15) is 0 Å². The van der Waals surface area contributed by atoms with E-state index >= 15 is 0 Å². The highest BCUT2D eigenvalue weighted by molar-refractivity contribution is 7.89. The van der Waals surface area contributed by atoms with E-state index in [0.717, 1.165) is 18.5 Å². The molecule has 0 fully saturated rings. The Balaban J connectivity index is 1.91. The average molecular weight is 376 g/mol. The first kappa shape index (κ1) is 20.0. The molecule has 2 N–H and O–H groups in total. The van der Waals surface area contributed by atoms with Gasteiger partial charge in [-0.3, -0.25) is 9.78 Å². The van der Waals surface area contributed by atoms with Crippen LogP contribution in [0.4, 0.5) is 0 Å². The molecule has 1 heterocycles. The van der Waals surface area contributed by atoms with E-state index in [1.54, 1.807) is 24.5 Å². The number of sulfonamides is 1. The minimum atomic E-state index is -3.64. The van der Waals surface area contributed by atoms with E-state index in [9.17, 15) is 13.2 Å². The molecule has 7 nitrogen and oxygen atoms in total. The summed E-state index contributed by atoms with van der Waals surface area (Å²) in [6, 6.07) is 9.39. The fourth-order valence-corrected chi connectivity index (χ4v) is 3.26. The highest BCUT2D eigenvalue weighted by atomic mass is 32.2. The minimum absolute atomic E-state index is 0.121. The van der Waals surface area contributed by atoms with Crippen LogP contribution in [-0.2, 0) is 16.6 Å². The second-order valence-corrected chi connectivity index (χ2v) is 7.88. The zero-order valence-electron chi connectivity index (χ0n) is 15.0. The molecule has 0 unspecified atom stereocenters. The summed E-state index contributed by atoms with van der Waals surface area (Å²) in [6.45, 7) is 1.64. The molecular formula is C18H24N4O3S. The van der Waals surface area contributed by atoms with Gasteiger partial charge in [0.2, 0.25) is 10.0 Å². The summed E-state index contributed by atoms with van der Waals surface area (Å²) >= 11 is 0. The number of nitrogens with zero attached hydrogens (tertiary/aromatic N) is 2. The maximum Gasteiger partial charge on any atom is 0.251 e. The van der Waals surface area contributed by atoms with Crippen molar-refractivity contribution in [3.63, 3.8) is 0 Å². The van der Waals surface area contributed by atoms with Gasteiger partial charge in [0, 0.05) is 31.0 Å². The molecule has 0 aliphatic heterocycles. The standard InChI is InChI=1S/C18H24N4O3S/c1-22(2)13-3-10-20-18(23)16-4-6-17(7-5-16)26(24,25)21-14-15-8-11-19-12-9-15/h4-9,11-12,21H,3,10,13-14H2,1-2H3,(H,20,23). The predicted octanol–water partition coefficient (Wildman–Crippen LogP) is 1.24. The van der Waals surface area contributed by atoms with Gasteiger partial charge in [0.05, 0.1) is 4.90 Å². The molecule has 0 bridgehead atoms. The lowest BCUT2D eigenvalue weighted by atomic mass is 10.2. The first-order chi connectivity index (χ1) is 12.4. The van der Waals surface area contributed by atoms with Gasteiger partial charge in [-0.15, -0.1) is 0 Å². The Morgan fingerprint density at radius 3 is 2.35 bits per heavy atom. The van der Waals surface area contributed by atoms with Crippen molar-refractivity contribution in [1.82, 2.24) is 19.9 Å². The summed E-state index contributed by atoms with van der Waals surface area (Å²) in [4.78, 5) is 18.1. The van der Waals surface area contributed by atoms with Gasteiger partial charge in [0.15, 0.2) is 0 Å². The molecule has 0 spiro atoms. The zero-order valence-corrected chi connectivity index (χ0v) is 15.8. The summed E-state index contributed by atoms with van der Waals surface area (Å²) in [6.07, 6.45) is 4.06. The van der Waals surface area contributed by atoms with E-state index in [1.165, 1.54) is 24.3 Å². The van der Waals surface area contributed by atoms with Crippen molar-refractivity contribution in [3.05, 3.63) is 59.9 Å². The van der Waals surface area contributed by atoms with E-state index in [4.69, 9.17) is 0 Å². The van der Waals surface area contributed by atoms with Crippen LogP contribution in [0.5, 0.6) is 0 Å². The topological polar surface area (TPSA) is 91.4 Å². The number of hydrogen-bond acceptors (Lipinski definition) is 5. The minimum Gasteiger partial charge on any atom is -0.352 e. The van der Waals surface area contributed by atoms with Crippen molar-refractivity contribution in [1.29, 1.82) is 0 Å². The molecule has 0 atom stereocenters. The summed E-state index contributed by atoms with van der Waals surface area (Å²) in [5, 5.41) is 2.82. The molecule has 1 aromatic carbocycles. The predicted molar refractivity (Wildman–Crippen MR) is 100 cm³/mol. The highest BCUT2D eigenvalue weighted by Gasteiger charge is 2.14. The van der Waals surface area contributed by atoms with E-state index in [1.807, 2.05) is 19.0 Å². The molecule has 1 amide bonds. The monoisotopic (exact) mass is 376 g/mol. The third-order valence-corrected chi connectivity index (χ3v) is 5.13.